The summed E-state index contributed by atoms with van der Waals surface area (Å²) in [7, 11) is 0. The molecular formula is C21H21F3N2O4. The molecule has 0 aliphatic rings. The van der Waals surface area contributed by atoms with E-state index in [1.807, 2.05) is 13.0 Å². The Kier molecular flexibility index (Phi) is 6.82. The van der Waals surface area contributed by atoms with Gasteiger partial charge >= 0.3 is 6.36 Å². The van der Waals surface area contributed by atoms with Crippen molar-refractivity contribution >= 4 is 5.91 Å². The summed E-state index contributed by atoms with van der Waals surface area (Å²) in [5.41, 5.74) is 3.86. The minimum atomic E-state index is -5.00. The van der Waals surface area contributed by atoms with Crippen LogP contribution in [0.2, 0.25) is 0 Å². The predicted molar refractivity (Wildman–Crippen MR) is 102 cm³/mol. The van der Waals surface area contributed by atoms with Gasteiger partial charge in [0.15, 0.2) is 0 Å². The van der Waals surface area contributed by atoms with Gasteiger partial charge in [0.25, 0.3) is 0 Å². The Morgan fingerprint density at radius 1 is 1.23 bits per heavy atom. The summed E-state index contributed by atoms with van der Waals surface area (Å²) in [5.74, 6) is -1.17. The van der Waals surface area contributed by atoms with Crippen LogP contribution in [0.15, 0.2) is 36.4 Å². The van der Waals surface area contributed by atoms with Crippen LogP contribution < -0.4 is 15.2 Å². The van der Waals surface area contributed by atoms with Crippen LogP contribution in [-0.4, -0.2) is 24.0 Å². The number of nitrogens with two attached hydrogens (primary N) is 1. The van der Waals surface area contributed by atoms with Gasteiger partial charge < -0.3 is 20.3 Å². The van der Waals surface area contributed by atoms with Crippen molar-refractivity contribution in [2.75, 3.05) is 6.61 Å². The van der Waals surface area contributed by atoms with Crippen molar-refractivity contribution in [1.29, 1.82) is 5.26 Å². The summed E-state index contributed by atoms with van der Waals surface area (Å²) in [5, 5.41) is 19.8. The van der Waals surface area contributed by atoms with Crippen molar-refractivity contribution in [3.63, 3.8) is 0 Å². The molecule has 30 heavy (non-hydrogen) atoms. The first-order valence-corrected chi connectivity index (χ1v) is 9.05. The predicted octanol–water partition coefficient (Wildman–Crippen LogP) is 4.20. The number of phenolic OH excluding ortho intramolecular Hbond substituents is 1. The molecule has 0 aliphatic carbocycles. The quantitative estimate of drug-likeness (QED) is 0.663. The van der Waals surface area contributed by atoms with E-state index in [-0.39, 0.29) is 23.5 Å². The molecule has 0 heterocycles. The monoisotopic (exact) mass is 422 g/mol. The van der Waals surface area contributed by atoms with Crippen molar-refractivity contribution in [3.8, 4) is 23.3 Å². The molecule has 160 valence electrons. The number of primary amides is 1. The molecule has 0 spiro atoms. The number of carbonyl (C=O) groups excluding carboxylic acids is 1. The molecule has 6 nitrogen and oxygen atoms in total. The Morgan fingerprint density at radius 3 is 2.50 bits per heavy atom. The average Bonchev–Trinajstić information content (AvgIpc) is 2.67. The van der Waals surface area contributed by atoms with Crippen LogP contribution in [-0.2, 0) is 11.8 Å². The van der Waals surface area contributed by atoms with Gasteiger partial charge in [0.05, 0.1) is 6.07 Å². The Hall–Kier alpha value is -3.41. The van der Waals surface area contributed by atoms with E-state index in [0.717, 1.165) is 18.2 Å². The highest BCUT2D eigenvalue weighted by Crippen LogP contribution is 2.37. The van der Waals surface area contributed by atoms with Crippen LogP contribution in [0.4, 0.5) is 13.2 Å². The number of alkyl halides is 3. The minimum absolute atomic E-state index is 0.0184. The van der Waals surface area contributed by atoms with Gasteiger partial charge in [0, 0.05) is 16.7 Å². The van der Waals surface area contributed by atoms with Crippen LogP contribution in [0.25, 0.3) is 0 Å². The summed E-state index contributed by atoms with van der Waals surface area (Å²) in [6.45, 7) is 2.91. The van der Waals surface area contributed by atoms with Gasteiger partial charge in [0.1, 0.15) is 29.3 Å². The molecule has 0 saturated carbocycles. The molecule has 9 heteroatoms. The molecule has 0 fully saturated rings. The number of halogens is 3. The third-order valence-corrected chi connectivity index (χ3v) is 4.46. The number of amides is 1. The number of nitrogens with zero attached hydrogens (tertiary/aromatic N) is 1. The van der Waals surface area contributed by atoms with E-state index in [2.05, 4.69) is 4.74 Å². The minimum Gasteiger partial charge on any atom is -0.508 e. The van der Waals surface area contributed by atoms with E-state index in [0.29, 0.717) is 24.2 Å². The highest BCUT2D eigenvalue weighted by atomic mass is 19.4. The molecule has 0 radical (unpaired) electrons. The first-order chi connectivity index (χ1) is 14.0. The number of nitriles is 1. The summed E-state index contributed by atoms with van der Waals surface area (Å²) in [4.78, 5) is 11.5. The number of hydrogen-bond acceptors (Lipinski definition) is 5. The summed E-state index contributed by atoms with van der Waals surface area (Å²) in [6.07, 6.45) is -3.78. The van der Waals surface area contributed by atoms with E-state index in [9.17, 15) is 28.3 Å². The zero-order valence-corrected chi connectivity index (χ0v) is 16.4. The lowest BCUT2D eigenvalue weighted by Gasteiger charge is -2.26. The Labute approximate surface area is 171 Å². The average molecular weight is 422 g/mol. The number of benzene rings is 2. The van der Waals surface area contributed by atoms with Crippen molar-refractivity contribution in [1.82, 2.24) is 0 Å². The zero-order chi connectivity index (χ0) is 22.5. The number of rotatable bonds is 8. The van der Waals surface area contributed by atoms with Crippen LogP contribution in [0, 0.1) is 11.3 Å². The molecule has 2 rings (SSSR count). The normalized spacial score (nSPS) is 13.2. The van der Waals surface area contributed by atoms with Gasteiger partial charge in [-0.2, -0.15) is 5.26 Å². The van der Waals surface area contributed by atoms with E-state index in [4.69, 9.17) is 10.5 Å². The van der Waals surface area contributed by atoms with Gasteiger partial charge in [-0.1, -0.05) is 19.4 Å². The second-order valence-corrected chi connectivity index (χ2v) is 6.86. The Bertz CT molecular complexity index is 970. The second-order valence-electron chi connectivity index (χ2n) is 6.86. The molecule has 0 aromatic heterocycles. The van der Waals surface area contributed by atoms with E-state index < -0.39 is 23.4 Å². The molecule has 3 N–H and O–H groups in total. The highest BCUT2D eigenvalue weighted by molar-refractivity contribution is 5.93. The largest absolute Gasteiger partial charge is 0.573 e. The van der Waals surface area contributed by atoms with Gasteiger partial charge in [-0.05, 0) is 43.7 Å². The number of phenols is 1. The molecule has 2 aromatic carbocycles. The third kappa shape index (κ3) is 5.35. The highest BCUT2D eigenvalue weighted by Gasteiger charge is 2.37. The van der Waals surface area contributed by atoms with Crippen molar-refractivity contribution in [2.45, 2.75) is 38.5 Å². The number of hydrogen-bond donors (Lipinski definition) is 2. The van der Waals surface area contributed by atoms with Crippen LogP contribution in [0.1, 0.15) is 41.8 Å². The first-order valence-electron chi connectivity index (χ1n) is 9.05. The standard InChI is InChI=1S/C21H21F3N2O4/c1-3-5-14-16(27)6-4-7-17(14)29-12-20(2,11-25)15-10-13(19(26)28)8-9-18(15)30-21(22,23)24/h4,6-10,27H,3,5,12H2,1-2H3,(H2,26,28). The van der Waals surface area contributed by atoms with Gasteiger partial charge in [-0.25, -0.2) is 0 Å². The topological polar surface area (TPSA) is 106 Å². The van der Waals surface area contributed by atoms with Crippen molar-refractivity contribution in [3.05, 3.63) is 53.1 Å². The smallest absolute Gasteiger partial charge is 0.508 e. The molecule has 1 unspecified atom stereocenters. The fourth-order valence-corrected chi connectivity index (χ4v) is 2.91. The van der Waals surface area contributed by atoms with E-state index >= 15 is 0 Å². The lowest BCUT2D eigenvalue weighted by atomic mass is 9.83. The Morgan fingerprint density at radius 2 is 1.93 bits per heavy atom. The van der Waals surface area contributed by atoms with E-state index in [1.54, 1.807) is 12.1 Å². The summed E-state index contributed by atoms with van der Waals surface area (Å²) >= 11 is 0. The lowest BCUT2D eigenvalue weighted by molar-refractivity contribution is -0.275. The lowest BCUT2D eigenvalue weighted by Crippen LogP contribution is -2.31. The fraction of sp³-hybridized carbons (Fsp3) is 0.333. The SMILES string of the molecule is CCCc1c(O)cccc1OCC(C)(C#N)c1cc(C(N)=O)ccc1OC(F)(F)F. The molecular weight excluding hydrogens is 401 g/mol. The van der Waals surface area contributed by atoms with Crippen molar-refractivity contribution < 1.29 is 32.5 Å². The molecule has 2 aromatic rings. The zero-order valence-electron chi connectivity index (χ0n) is 16.4. The fourth-order valence-electron chi connectivity index (χ4n) is 2.91. The number of carbonyl (C=O) groups is 1. The summed E-state index contributed by atoms with van der Waals surface area (Å²) in [6, 6.07) is 9.69. The maximum atomic E-state index is 12.8. The van der Waals surface area contributed by atoms with Gasteiger partial charge in [-0.3, -0.25) is 4.79 Å². The van der Waals surface area contributed by atoms with E-state index in [1.165, 1.54) is 13.0 Å². The Balaban J connectivity index is 2.47. The number of ether oxygens (including phenoxy) is 2. The molecule has 0 bridgehead atoms. The second kappa shape index (κ2) is 8.95. The third-order valence-electron chi connectivity index (χ3n) is 4.46. The van der Waals surface area contributed by atoms with Crippen molar-refractivity contribution in [2.24, 2.45) is 5.73 Å². The number of aromatic hydroxyl groups is 1. The molecule has 0 saturated heterocycles. The summed E-state index contributed by atoms with van der Waals surface area (Å²) < 4.78 is 48.3. The van der Waals surface area contributed by atoms with Crippen LogP contribution in [0.5, 0.6) is 17.2 Å². The maximum absolute atomic E-state index is 12.8. The van der Waals surface area contributed by atoms with Gasteiger partial charge in [-0.15, -0.1) is 13.2 Å². The maximum Gasteiger partial charge on any atom is 0.573 e. The molecule has 1 amide bonds. The molecule has 0 aliphatic heterocycles. The van der Waals surface area contributed by atoms with Crippen LogP contribution in [0.3, 0.4) is 0 Å². The van der Waals surface area contributed by atoms with Crippen LogP contribution >= 0.6 is 0 Å². The molecule has 1 atom stereocenters. The van der Waals surface area contributed by atoms with Gasteiger partial charge in [0.2, 0.25) is 5.91 Å². The first kappa shape index (κ1) is 22.9.